The Bertz CT molecular complexity index is 592. The Morgan fingerprint density at radius 1 is 1.42 bits per heavy atom. The Morgan fingerprint density at radius 2 is 2.21 bits per heavy atom. The van der Waals surface area contributed by atoms with Gasteiger partial charge in [-0.15, -0.1) is 0 Å². The molecule has 19 heavy (non-hydrogen) atoms. The summed E-state index contributed by atoms with van der Waals surface area (Å²) >= 11 is 0. The molecule has 2 rings (SSSR count). The number of aromatic nitrogens is 3. The number of hydrogen-bond donors (Lipinski definition) is 2. The summed E-state index contributed by atoms with van der Waals surface area (Å²) in [7, 11) is 1.93. The van der Waals surface area contributed by atoms with Crippen LogP contribution in [-0.2, 0) is 13.5 Å². The van der Waals surface area contributed by atoms with Crippen LogP contribution in [0.4, 0.5) is 5.82 Å². The van der Waals surface area contributed by atoms with Gasteiger partial charge in [0.05, 0.1) is 0 Å². The average Bonchev–Trinajstić information content (AvgIpc) is 2.75. The van der Waals surface area contributed by atoms with Crippen LogP contribution in [0, 0.1) is 6.92 Å². The lowest BCUT2D eigenvalue weighted by atomic mass is 10.1. The van der Waals surface area contributed by atoms with Crippen molar-refractivity contribution in [2.75, 3.05) is 11.9 Å². The predicted octanol–water partition coefficient (Wildman–Crippen LogP) is 1.48. The first-order valence-electron chi connectivity index (χ1n) is 5.98. The lowest BCUT2D eigenvalue weighted by molar-refractivity contribution is 0.0697. The van der Waals surface area contributed by atoms with Crippen LogP contribution < -0.4 is 5.32 Å². The lowest BCUT2D eigenvalue weighted by Crippen LogP contribution is -2.13. The summed E-state index contributed by atoms with van der Waals surface area (Å²) in [6.07, 6.45) is 5.93. The number of carbonyl (C=O) groups is 1. The third kappa shape index (κ3) is 2.90. The van der Waals surface area contributed by atoms with E-state index in [4.69, 9.17) is 0 Å². The highest BCUT2D eigenvalue weighted by Crippen LogP contribution is 2.16. The molecule has 0 aliphatic heterocycles. The maximum absolute atomic E-state index is 11.2. The number of carboxylic acids is 1. The van der Waals surface area contributed by atoms with Gasteiger partial charge in [-0.2, -0.15) is 0 Å². The summed E-state index contributed by atoms with van der Waals surface area (Å²) in [5, 5.41) is 12.2. The normalized spacial score (nSPS) is 10.4. The summed E-state index contributed by atoms with van der Waals surface area (Å²) in [4.78, 5) is 19.5. The molecule has 2 aromatic rings. The quantitative estimate of drug-likeness (QED) is 0.851. The number of nitrogens with one attached hydrogen (secondary N) is 1. The fourth-order valence-corrected chi connectivity index (χ4v) is 1.89. The molecule has 0 saturated carbocycles. The molecule has 0 unspecified atom stereocenters. The first-order chi connectivity index (χ1) is 9.09. The number of aryl methyl sites for hydroxylation is 2. The van der Waals surface area contributed by atoms with Crippen molar-refractivity contribution >= 4 is 11.8 Å². The van der Waals surface area contributed by atoms with Crippen molar-refractivity contribution in [1.82, 2.24) is 14.5 Å². The molecule has 6 heteroatoms. The molecular formula is C13H16N4O2. The maximum Gasteiger partial charge on any atom is 0.339 e. The number of carboxylic acid groups (broad SMARTS) is 1. The zero-order valence-corrected chi connectivity index (χ0v) is 10.9. The van der Waals surface area contributed by atoms with Crippen molar-refractivity contribution in [3.63, 3.8) is 0 Å². The van der Waals surface area contributed by atoms with Gasteiger partial charge in [0.25, 0.3) is 0 Å². The number of pyridine rings is 1. The van der Waals surface area contributed by atoms with Gasteiger partial charge in [0.2, 0.25) is 0 Å². The highest BCUT2D eigenvalue weighted by Gasteiger charge is 2.13. The molecule has 0 amide bonds. The van der Waals surface area contributed by atoms with E-state index in [1.54, 1.807) is 25.4 Å². The van der Waals surface area contributed by atoms with Crippen LogP contribution in [0.5, 0.6) is 0 Å². The monoisotopic (exact) mass is 260 g/mol. The SMILES string of the molecule is Cc1ccnc(NCCc2nccn2C)c1C(=O)O. The van der Waals surface area contributed by atoms with Crippen LogP contribution >= 0.6 is 0 Å². The smallest absolute Gasteiger partial charge is 0.339 e. The number of imidazole rings is 1. The van der Waals surface area contributed by atoms with Crippen LogP contribution in [0.1, 0.15) is 21.7 Å². The molecule has 6 nitrogen and oxygen atoms in total. The molecule has 0 spiro atoms. The highest BCUT2D eigenvalue weighted by atomic mass is 16.4. The Hall–Kier alpha value is -2.37. The Balaban J connectivity index is 2.06. The minimum atomic E-state index is -0.968. The van der Waals surface area contributed by atoms with Crippen molar-refractivity contribution in [3.05, 3.63) is 41.6 Å². The second-order valence-electron chi connectivity index (χ2n) is 4.29. The van der Waals surface area contributed by atoms with E-state index in [0.29, 0.717) is 24.3 Å². The minimum Gasteiger partial charge on any atom is -0.478 e. The van der Waals surface area contributed by atoms with Crippen LogP contribution in [0.15, 0.2) is 24.7 Å². The van der Waals surface area contributed by atoms with Gasteiger partial charge in [-0.1, -0.05) is 0 Å². The van der Waals surface area contributed by atoms with Gasteiger partial charge in [0, 0.05) is 38.6 Å². The van der Waals surface area contributed by atoms with Gasteiger partial charge in [-0.25, -0.2) is 14.8 Å². The Kier molecular flexibility index (Phi) is 3.79. The van der Waals surface area contributed by atoms with Gasteiger partial charge < -0.3 is 15.0 Å². The van der Waals surface area contributed by atoms with Gasteiger partial charge >= 0.3 is 5.97 Å². The zero-order valence-electron chi connectivity index (χ0n) is 10.9. The average molecular weight is 260 g/mol. The summed E-state index contributed by atoms with van der Waals surface area (Å²) in [5.74, 6) is 0.379. The van der Waals surface area contributed by atoms with E-state index in [0.717, 1.165) is 5.82 Å². The number of anilines is 1. The van der Waals surface area contributed by atoms with E-state index in [1.165, 1.54) is 0 Å². The molecule has 0 saturated heterocycles. The molecule has 2 aromatic heterocycles. The molecule has 0 atom stereocenters. The molecular weight excluding hydrogens is 244 g/mol. The van der Waals surface area contributed by atoms with Crippen LogP contribution in [-0.4, -0.2) is 32.2 Å². The van der Waals surface area contributed by atoms with E-state index in [1.807, 2.05) is 17.8 Å². The van der Waals surface area contributed by atoms with E-state index in [2.05, 4.69) is 15.3 Å². The highest BCUT2D eigenvalue weighted by molar-refractivity contribution is 5.94. The van der Waals surface area contributed by atoms with Crippen molar-refractivity contribution in [3.8, 4) is 0 Å². The Morgan fingerprint density at radius 3 is 2.84 bits per heavy atom. The fourth-order valence-electron chi connectivity index (χ4n) is 1.89. The van der Waals surface area contributed by atoms with Crippen molar-refractivity contribution in [2.45, 2.75) is 13.3 Å². The third-order valence-electron chi connectivity index (χ3n) is 2.94. The summed E-state index contributed by atoms with van der Waals surface area (Å²) in [5.41, 5.74) is 0.921. The first-order valence-corrected chi connectivity index (χ1v) is 5.98. The molecule has 0 bridgehead atoms. The molecule has 0 aliphatic carbocycles. The van der Waals surface area contributed by atoms with Gasteiger partial charge in [-0.05, 0) is 18.6 Å². The van der Waals surface area contributed by atoms with Crippen LogP contribution in [0.3, 0.4) is 0 Å². The largest absolute Gasteiger partial charge is 0.478 e. The summed E-state index contributed by atoms with van der Waals surface area (Å²) < 4.78 is 1.93. The minimum absolute atomic E-state index is 0.224. The fraction of sp³-hybridized carbons (Fsp3) is 0.308. The van der Waals surface area contributed by atoms with E-state index in [-0.39, 0.29) is 5.56 Å². The number of rotatable bonds is 5. The molecule has 0 aliphatic rings. The van der Waals surface area contributed by atoms with Crippen molar-refractivity contribution < 1.29 is 9.90 Å². The Labute approximate surface area is 111 Å². The number of hydrogen-bond acceptors (Lipinski definition) is 4. The zero-order chi connectivity index (χ0) is 13.8. The van der Waals surface area contributed by atoms with Gasteiger partial charge in [-0.3, -0.25) is 0 Å². The standard InChI is InChI=1S/C13H16N4O2/c1-9-3-5-15-12(11(9)13(18)19)16-6-4-10-14-7-8-17(10)2/h3,5,7-8H,4,6H2,1-2H3,(H,15,16)(H,18,19). The van der Waals surface area contributed by atoms with Gasteiger partial charge in [0.1, 0.15) is 17.2 Å². The van der Waals surface area contributed by atoms with E-state index >= 15 is 0 Å². The topological polar surface area (TPSA) is 80.0 Å². The number of nitrogens with zero attached hydrogens (tertiary/aromatic N) is 3. The first kappa shape index (κ1) is 13.1. The molecule has 0 fully saturated rings. The molecule has 100 valence electrons. The van der Waals surface area contributed by atoms with Crippen molar-refractivity contribution in [1.29, 1.82) is 0 Å². The summed E-state index contributed by atoms with van der Waals surface area (Å²) in [6, 6.07) is 1.69. The third-order valence-corrected chi connectivity index (χ3v) is 2.94. The maximum atomic E-state index is 11.2. The molecule has 2 heterocycles. The molecule has 0 aromatic carbocycles. The molecule has 0 radical (unpaired) electrons. The summed E-state index contributed by atoms with van der Waals surface area (Å²) in [6.45, 7) is 2.34. The van der Waals surface area contributed by atoms with E-state index < -0.39 is 5.97 Å². The van der Waals surface area contributed by atoms with Gasteiger partial charge in [0.15, 0.2) is 0 Å². The van der Waals surface area contributed by atoms with Crippen LogP contribution in [0.25, 0.3) is 0 Å². The molecule has 2 N–H and O–H groups in total. The second-order valence-corrected chi connectivity index (χ2v) is 4.29. The van der Waals surface area contributed by atoms with E-state index in [9.17, 15) is 9.90 Å². The van der Waals surface area contributed by atoms with Crippen LogP contribution in [0.2, 0.25) is 0 Å². The predicted molar refractivity (Wildman–Crippen MR) is 71.3 cm³/mol. The number of aromatic carboxylic acids is 1. The van der Waals surface area contributed by atoms with Crippen molar-refractivity contribution in [2.24, 2.45) is 7.05 Å². The second kappa shape index (κ2) is 5.51. The lowest BCUT2D eigenvalue weighted by Gasteiger charge is -2.10.